The number of carbonyl (C=O) groups is 4. The van der Waals surface area contributed by atoms with Crippen molar-refractivity contribution in [2.45, 2.75) is 118 Å². The zero-order valence-electron chi connectivity index (χ0n) is 41.8. The minimum atomic E-state index is -0.559. The number of imide groups is 2. The average molecular weight is 945 g/mol. The van der Waals surface area contributed by atoms with Crippen LogP contribution in [0.1, 0.15) is 110 Å². The Labute approximate surface area is 416 Å². The van der Waals surface area contributed by atoms with Crippen molar-refractivity contribution in [3.63, 3.8) is 0 Å². The molecule has 4 aliphatic rings. The first-order valence-corrected chi connectivity index (χ1v) is 25.8. The predicted molar refractivity (Wildman–Crippen MR) is 275 cm³/mol. The highest BCUT2D eigenvalue weighted by Gasteiger charge is 2.59. The summed E-state index contributed by atoms with van der Waals surface area (Å²) in [4.78, 5) is 60.3. The summed E-state index contributed by atoms with van der Waals surface area (Å²) < 4.78 is 19.1. The molecule has 70 heavy (non-hydrogen) atoms. The van der Waals surface area contributed by atoms with Crippen LogP contribution in [0.3, 0.4) is 0 Å². The lowest BCUT2D eigenvalue weighted by Gasteiger charge is -2.22. The van der Waals surface area contributed by atoms with Crippen LogP contribution in [0, 0.1) is 68.1 Å². The van der Waals surface area contributed by atoms with Crippen LogP contribution in [0.25, 0.3) is 0 Å². The van der Waals surface area contributed by atoms with E-state index in [9.17, 15) is 19.2 Å². The Hall–Kier alpha value is -6.22. The van der Waals surface area contributed by atoms with Gasteiger partial charge in [0, 0.05) is 0 Å². The number of benzene rings is 4. The molecule has 0 bridgehead atoms. The molecule has 2 saturated heterocycles. The first-order valence-electron chi connectivity index (χ1n) is 25.8. The van der Waals surface area contributed by atoms with Gasteiger partial charge in [-0.15, -0.1) is 13.2 Å². The summed E-state index contributed by atoms with van der Waals surface area (Å²) in [5, 5.41) is 0. The molecule has 2 saturated carbocycles. The Balaban J connectivity index is 0.946. The lowest BCUT2D eigenvalue weighted by Crippen LogP contribution is -2.33. The van der Waals surface area contributed by atoms with Gasteiger partial charge in [0.05, 0.1) is 43.4 Å². The second-order valence-corrected chi connectivity index (χ2v) is 20.3. The van der Waals surface area contributed by atoms with Gasteiger partial charge in [-0.25, -0.2) is 0 Å². The average Bonchev–Trinajstić information content (AvgIpc) is 4.07. The minimum absolute atomic E-state index is 0.0969. The highest BCUT2D eigenvalue weighted by atomic mass is 16.5. The highest BCUT2D eigenvalue weighted by Crippen LogP contribution is 2.52. The summed E-state index contributed by atoms with van der Waals surface area (Å²) in [7, 11) is 0. The largest absolute Gasteiger partial charge is 0.493 e. The van der Waals surface area contributed by atoms with E-state index in [2.05, 4.69) is 45.2 Å². The van der Waals surface area contributed by atoms with E-state index in [0.717, 1.165) is 57.5 Å². The maximum absolute atomic E-state index is 14.5. The number of likely N-dealkylation sites (tertiary alicyclic amines) is 2. The molecule has 9 heteroatoms. The number of ether oxygens (including phenoxy) is 3. The van der Waals surface area contributed by atoms with Crippen LogP contribution in [0.2, 0.25) is 0 Å². The molecule has 2 aliphatic carbocycles. The van der Waals surface area contributed by atoms with Gasteiger partial charge in [-0.3, -0.25) is 29.0 Å². The number of allylic oxidation sites excluding steroid dienone is 4. The van der Waals surface area contributed by atoms with Gasteiger partial charge in [0.15, 0.2) is 11.5 Å². The molecule has 4 amide bonds. The number of fused-ring (bicyclic) bond motifs is 2. The molecule has 8 rings (SSSR count). The Bertz CT molecular complexity index is 2550. The van der Waals surface area contributed by atoms with Crippen molar-refractivity contribution >= 4 is 23.6 Å². The second kappa shape index (κ2) is 23.1. The first kappa shape index (κ1) is 50.2. The van der Waals surface area contributed by atoms with Crippen LogP contribution in [0.4, 0.5) is 0 Å². The molecule has 0 spiro atoms. The molecular weight excluding hydrogens is 873 g/mol. The van der Waals surface area contributed by atoms with Crippen molar-refractivity contribution in [1.29, 1.82) is 0 Å². The number of aryl methyl sites for hydroxylation is 2. The Kier molecular flexibility index (Phi) is 16.6. The Morgan fingerprint density at radius 3 is 1.46 bits per heavy atom. The lowest BCUT2D eigenvalue weighted by molar-refractivity contribution is -0.143. The van der Waals surface area contributed by atoms with E-state index < -0.39 is 23.7 Å². The summed E-state index contributed by atoms with van der Waals surface area (Å²) in [6, 6.07) is 27.8. The van der Waals surface area contributed by atoms with Crippen molar-refractivity contribution in [3.8, 4) is 17.2 Å². The SMILES string of the molecule is C=CC1CC(/C=C\C2CC(C=C)C3C(=O)N(Cc4cc(C)c(OCc5ccccc5)c(OCc5ccccc5)c4)C(=O)C23)C2C(=O)N(Cc3cc(C)c(C)c(OCCCCCCCCCC)c3)C(=O)C12. The van der Waals surface area contributed by atoms with Gasteiger partial charge < -0.3 is 14.2 Å². The maximum Gasteiger partial charge on any atom is 0.234 e. The van der Waals surface area contributed by atoms with Gasteiger partial charge in [-0.05, 0) is 115 Å². The van der Waals surface area contributed by atoms with Gasteiger partial charge >= 0.3 is 0 Å². The van der Waals surface area contributed by atoms with Crippen LogP contribution in [0.15, 0.2) is 122 Å². The van der Waals surface area contributed by atoms with Crippen molar-refractivity contribution in [3.05, 3.63) is 161 Å². The zero-order valence-corrected chi connectivity index (χ0v) is 41.8. The molecule has 2 aliphatic heterocycles. The van der Waals surface area contributed by atoms with Gasteiger partial charge in [-0.1, -0.05) is 149 Å². The van der Waals surface area contributed by atoms with Crippen LogP contribution in [0.5, 0.6) is 17.2 Å². The smallest absolute Gasteiger partial charge is 0.234 e. The number of nitrogens with zero attached hydrogens (tertiary/aromatic N) is 2. The molecule has 2 heterocycles. The molecular formula is C61H72N2O7. The number of amides is 4. The zero-order chi connectivity index (χ0) is 49.3. The van der Waals surface area contributed by atoms with E-state index in [1.807, 2.05) is 105 Å². The lowest BCUT2D eigenvalue weighted by atomic mass is 9.86. The number of unbranched alkanes of at least 4 members (excludes halogenated alkanes) is 7. The molecule has 4 aromatic carbocycles. The van der Waals surface area contributed by atoms with E-state index in [1.54, 1.807) is 0 Å². The number of hydrogen-bond acceptors (Lipinski definition) is 7. The van der Waals surface area contributed by atoms with E-state index in [-0.39, 0.29) is 60.4 Å². The monoisotopic (exact) mass is 945 g/mol. The summed E-state index contributed by atoms with van der Waals surface area (Å²) in [5.41, 5.74) is 6.64. The summed E-state index contributed by atoms with van der Waals surface area (Å²) in [6.45, 7) is 18.1. The maximum atomic E-state index is 14.5. The topological polar surface area (TPSA) is 102 Å². The van der Waals surface area contributed by atoms with Crippen LogP contribution in [-0.2, 0) is 45.5 Å². The normalized spacial score (nSPS) is 23.9. The third-order valence-corrected chi connectivity index (χ3v) is 15.5. The third kappa shape index (κ3) is 11.0. The molecule has 0 aromatic heterocycles. The standard InChI is InChI=1S/C61H72N2O7/c1-7-10-11-12-13-14-15-22-29-68-51-32-45(30-40(4)42(51)6)36-62-58(64)53-47(8-2)34-49(55(53)60(62)66)27-28-50-35-48(9-3)54-56(50)61(67)63(59(54)65)37-46-31-41(5)57(70-39-44-25-20-17-21-26-44)52(33-46)69-38-43-23-18-16-19-24-43/h8-9,16-21,23-28,30-33,47-50,53-56H,2-3,7,10-15,22,29,34-39H2,1,4-6H3/b28-27-. The molecule has 0 N–H and O–H groups in total. The van der Waals surface area contributed by atoms with Gasteiger partial charge in [-0.2, -0.15) is 0 Å². The quantitative estimate of drug-likeness (QED) is 0.0392. The molecule has 9 nitrogen and oxygen atoms in total. The van der Waals surface area contributed by atoms with Crippen molar-refractivity contribution in [2.75, 3.05) is 6.61 Å². The fraction of sp³-hybridized carbons (Fsp3) is 0.443. The molecule has 8 unspecified atom stereocenters. The van der Waals surface area contributed by atoms with Crippen LogP contribution < -0.4 is 14.2 Å². The van der Waals surface area contributed by atoms with Crippen molar-refractivity contribution < 1.29 is 33.4 Å². The number of rotatable bonds is 24. The summed E-state index contributed by atoms with van der Waals surface area (Å²) in [6.07, 6.45) is 18.8. The van der Waals surface area contributed by atoms with Gasteiger partial charge in [0.1, 0.15) is 19.0 Å². The van der Waals surface area contributed by atoms with Crippen LogP contribution in [-0.4, -0.2) is 40.0 Å². The fourth-order valence-electron chi connectivity index (χ4n) is 11.6. The molecule has 4 fully saturated rings. The van der Waals surface area contributed by atoms with Gasteiger partial charge in [0.2, 0.25) is 23.6 Å². The second-order valence-electron chi connectivity index (χ2n) is 20.3. The Morgan fingerprint density at radius 2 is 0.957 bits per heavy atom. The third-order valence-electron chi connectivity index (χ3n) is 15.5. The Morgan fingerprint density at radius 1 is 0.514 bits per heavy atom. The van der Waals surface area contributed by atoms with Gasteiger partial charge in [0.25, 0.3) is 0 Å². The summed E-state index contributed by atoms with van der Waals surface area (Å²) >= 11 is 0. The highest BCUT2D eigenvalue weighted by molar-refractivity contribution is 6.07. The summed E-state index contributed by atoms with van der Waals surface area (Å²) in [5.74, 6) is -1.67. The minimum Gasteiger partial charge on any atom is -0.493 e. The molecule has 4 aromatic rings. The molecule has 0 radical (unpaired) electrons. The van der Waals surface area contributed by atoms with E-state index in [1.165, 1.54) is 48.3 Å². The van der Waals surface area contributed by atoms with Crippen LogP contribution >= 0.6 is 0 Å². The predicted octanol–water partition coefficient (Wildman–Crippen LogP) is 12.4. The van der Waals surface area contributed by atoms with Crippen molar-refractivity contribution in [2.24, 2.45) is 47.3 Å². The number of hydrogen-bond donors (Lipinski definition) is 0. The van der Waals surface area contributed by atoms with E-state index >= 15 is 0 Å². The van der Waals surface area contributed by atoms with Crippen molar-refractivity contribution in [1.82, 2.24) is 9.80 Å². The van der Waals surface area contributed by atoms with E-state index in [4.69, 9.17) is 14.2 Å². The molecule has 8 atom stereocenters. The number of carbonyl (C=O) groups excluding carboxylic acids is 4. The fourth-order valence-corrected chi connectivity index (χ4v) is 11.6. The first-order chi connectivity index (χ1) is 34.0. The van der Waals surface area contributed by atoms with E-state index in [0.29, 0.717) is 44.2 Å². The molecule has 368 valence electrons.